The first kappa shape index (κ1) is 16.7. The van der Waals surface area contributed by atoms with Gasteiger partial charge in [-0.1, -0.05) is 30.0 Å². The summed E-state index contributed by atoms with van der Waals surface area (Å²) in [6.07, 6.45) is 1.78. The number of rotatable bonds is 6. The quantitative estimate of drug-likeness (QED) is 0.594. The van der Waals surface area contributed by atoms with Crippen molar-refractivity contribution in [2.24, 2.45) is 0 Å². The summed E-state index contributed by atoms with van der Waals surface area (Å²) in [6.45, 7) is -0.298. The van der Waals surface area contributed by atoms with Crippen LogP contribution in [0.2, 0.25) is 0 Å². The number of hydrogen-bond donors (Lipinski definition) is 2. The standard InChI is InChI=1S/C13H12N2O4S3/c16-10(14-7-11(17)18)3-4-15-12(19)9(22-13(15)20)6-8-2-1-5-21-8/h1-2,5-6H,3-4,7H2,(H,14,16)(H,17,18)/b9-6-. The van der Waals surface area contributed by atoms with Crippen molar-refractivity contribution in [1.82, 2.24) is 10.2 Å². The van der Waals surface area contributed by atoms with Crippen LogP contribution in [0.1, 0.15) is 11.3 Å². The SMILES string of the molecule is O=C(O)CNC(=O)CCN1C(=O)/C(=C/c2cccs2)SC1=S. The number of thiocarbonyl (C=S) groups is 1. The number of carbonyl (C=O) groups excluding carboxylic acids is 2. The fourth-order valence-corrected chi connectivity index (χ4v) is 3.70. The lowest BCUT2D eigenvalue weighted by Crippen LogP contribution is -2.35. The van der Waals surface area contributed by atoms with Crippen LogP contribution < -0.4 is 5.32 Å². The maximum atomic E-state index is 12.2. The van der Waals surface area contributed by atoms with Crippen molar-refractivity contribution in [1.29, 1.82) is 0 Å². The monoisotopic (exact) mass is 356 g/mol. The minimum Gasteiger partial charge on any atom is -0.480 e. The molecular formula is C13H12N2O4S3. The van der Waals surface area contributed by atoms with E-state index >= 15 is 0 Å². The lowest BCUT2D eigenvalue weighted by molar-refractivity contribution is -0.138. The molecular weight excluding hydrogens is 344 g/mol. The van der Waals surface area contributed by atoms with Crippen molar-refractivity contribution in [2.45, 2.75) is 6.42 Å². The fourth-order valence-electron chi connectivity index (χ4n) is 1.67. The molecule has 0 bridgehead atoms. The molecule has 1 aromatic heterocycles. The van der Waals surface area contributed by atoms with E-state index < -0.39 is 18.4 Å². The van der Waals surface area contributed by atoms with E-state index in [1.807, 2.05) is 17.5 Å². The summed E-state index contributed by atoms with van der Waals surface area (Å²) in [5.74, 6) is -1.77. The Morgan fingerprint density at radius 1 is 1.45 bits per heavy atom. The van der Waals surface area contributed by atoms with Gasteiger partial charge < -0.3 is 10.4 Å². The van der Waals surface area contributed by atoms with Crippen LogP contribution in [0, 0.1) is 0 Å². The number of carboxylic acids is 1. The molecule has 0 radical (unpaired) electrons. The first-order valence-corrected chi connectivity index (χ1v) is 8.35. The second-order valence-electron chi connectivity index (χ2n) is 4.27. The van der Waals surface area contributed by atoms with Crippen molar-refractivity contribution < 1.29 is 19.5 Å². The summed E-state index contributed by atoms with van der Waals surface area (Å²) < 4.78 is 0.402. The molecule has 9 heteroatoms. The average molecular weight is 356 g/mol. The zero-order valence-corrected chi connectivity index (χ0v) is 13.7. The van der Waals surface area contributed by atoms with Crippen LogP contribution in [0.4, 0.5) is 0 Å². The van der Waals surface area contributed by atoms with Crippen molar-refractivity contribution in [3.63, 3.8) is 0 Å². The van der Waals surface area contributed by atoms with Gasteiger partial charge in [-0.15, -0.1) is 11.3 Å². The molecule has 22 heavy (non-hydrogen) atoms. The smallest absolute Gasteiger partial charge is 0.322 e. The molecule has 0 unspecified atom stereocenters. The van der Waals surface area contributed by atoms with Crippen LogP contribution in [0.5, 0.6) is 0 Å². The van der Waals surface area contributed by atoms with Crippen LogP contribution in [0.15, 0.2) is 22.4 Å². The first-order valence-electron chi connectivity index (χ1n) is 6.24. The minimum absolute atomic E-state index is 0.00595. The number of nitrogens with one attached hydrogen (secondary N) is 1. The lowest BCUT2D eigenvalue weighted by atomic mass is 10.3. The van der Waals surface area contributed by atoms with E-state index in [2.05, 4.69) is 5.32 Å². The summed E-state index contributed by atoms with van der Waals surface area (Å²) in [5.41, 5.74) is 0. The van der Waals surface area contributed by atoms with Gasteiger partial charge in [0.25, 0.3) is 5.91 Å². The van der Waals surface area contributed by atoms with Gasteiger partial charge in [0.2, 0.25) is 5.91 Å². The van der Waals surface area contributed by atoms with E-state index in [9.17, 15) is 14.4 Å². The van der Waals surface area contributed by atoms with Crippen LogP contribution in [-0.4, -0.2) is 45.2 Å². The maximum absolute atomic E-state index is 12.2. The highest BCUT2D eigenvalue weighted by Gasteiger charge is 2.32. The third kappa shape index (κ3) is 4.39. The summed E-state index contributed by atoms with van der Waals surface area (Å²) in [4.78, 5) is 36.9. The molecule has 6 nitrogen and oxygen atoms in total. The largest absolute Gasteiger partial charge is 0.480 e. The van der Waals surface area contributed by atoms with Crippen LogP contribution >= 0.6 is 35.3 Å². The molecule has 1 fully saturated rings. The van der Waals surface area contributed by atoms with Crippen molar-refractivity contribution in [3.05, 3.63) is 27.3 Å². The summed E-state index contributed by atoms with van der Waals surface area (Å²) in [5, 5.41) is 12.6. The number of aliphatic carboxylic acids is 1. The average Bonchev–Trinajstić information content (AvgIpc) is 3.05. The molecule has 1 aliphatic heterocycles. The minimum atomic E-state index is -1.11. The molecule has 2 N–H and O–H groups in total. The summed E-state index contributed by atoms with van der Waals surface area (Å²) in [7, 11) is 0. The molecule has 0 spiro atoms. The maximum Gasteiger partial charge on any atom is 0.322 e. The number of carboxylic acid groups (broad SMARTS) is 1. The summed E-state index contributed by atoms with van der Waals surface area (Å²) >= 11 is 7.87. The molecule has 0 aromatic carbocycles. The van der Waals surface area contributed by atoms with Crippen LogP contribution in [0.3, 0.4) is 0 Å². The molecule has 0 aliphatic carbocycles. The number of thiophene rings is 1. The van der Waals surface area contributed by atoms with Gasteiger partial charge in [0.05, 0.1) is 4.91 Å². The van der Waals surface area contributed by atoms with Gasteiger partial charge in [0.15, 0.2) is 0 Å². The van der Waals surface area contributed by atoms with E-state index in [0.717, 1.165) is 4.88 Å². The Hall–Kier alpha value is -1.71. The molecule has 116 valence electrons. The normalized spacial score (nSPS) is 16.4. The van der Waals surface area contributed by atoms with Crippen molar-refractivity contribution in [3.8, 4) is 0 Å². The Kier molecular flexibility index (Phi) is 5.69. The highest BCUT2D eigenvalue weighted by molar-refractivity contribution is 8.26. The van der Waals surface area contributed by atoms with Gasteiger partial charge in [-0.2, -0.15) is 0 Å². The predicted molar refractivity (Wildman–Crippen MR) is 89.5 cm³/mol. The third-order valence-electron chi connectivity index (χ3n) is 2.69. The molecule has 0 saturated carbocycles. The van der Waals surface area contributed by atoms with Gasteiger partial charge in [-0.25, -0.2) is 0 Å². The molecule has 1 aliphatic rings. The topological polar surface area (TPSA) is 86.7 Å². The summed E-state index contributed by atoms with van der Waals surface area (Å²) in [6, 6.07) is 3.79. The molecule has 2 amide bonds. The van der Waals surface area contributed by atoms with Crippen LogP contribution in [-0.2, 0) is 14.4 Å². The fraction of sp³-hybridized carbons (Fsp3) is 0.231. The Morgan fingerprint density at radius 3 is 2.86 bits per heavy atom. The van der Waals surface area contributed by atoms with E-state index in [1.165, 1.54) is 28.0 Å². The molecule has 0 atom stereocenters. The highest BCUT2D eigenvalue weighted by Crippen LogP contribution is 2.33. The van der Waals surface area contributed by atoms with Gasteiger partial charge in [-0.3, -0.25) is 19.3 Å². The molecule has 2 heterocycles. The number of amides is 2. The second-order valence-corrected chi connectivity index (χ2v) is 6.92. The van der Waals surface area contributed by atoms with Crippen molar-refractivity contribution >= 4 is 63.5 Å². The first-order chi connectivity index (χ1) is 10.5. The molecule has 2 rings (SSSR count). The zero-order valence-electron chi connectivity index (χ0n) is 11.3. The van der Waals surface area contributed by atoms with E-state index in [1.54, 1.807) is 6.08 Å². The van der Waals surface area contributed by atoms with Gasteiger partial charge in [0.1, 0.15) is 10.9 Å². The lowest BCUT2D eigenvalue weighted by Gasteiger charge is -2.13. The molecule has 1 saturated heterocycles. The van der Waals surface area contributed by atoms with E-state index in [0.29, 0.717) is 9.23 Å². The van der Waals surface area contributed by atoms with E-state index in [4.69, 9.17) is 17.3 Å². The van der Waals surface area contributed by atoms with Crippen molar-refractivity contribution in [2.75, 3.05) is 13.1 Å². The second kappa shape index (κ2) is 7.52. The Morgan fingerprint density at radius 2 is 2.23 bits per heavy atom. The Bertz CT molecular complexity index is 640. The zero-order chi connectivity index (χ0) is 16.1. The Balaban J connectivity index is 1.92. The Labute approximate surface area is 140 Å². The van der Waals surface area contributed by atoms with Gasteiger partial charge in [-0.05, 0) is 17.5 Å². The molecule has 1 aromatic rings. The third-order valence-corrected chi connectivity index (χ3v) is 4.89. The van der Waals surface area contributed by atoms with E-state index in [-0.39, 0.29) is 18.9 Å². The predicted octanol–water partition coefficient (Wildman–Crippen LogP) is 1.54. The van der Waals surface area contributed by atoms with Gasteiger partial charge in [0, 0.05) is 17.8 Å². The number of carbonyl (C=O) groups is 3. The van der Waals surface area contributed by atoms with Crippen LogP contribution in [0.25, 0.3) is 6.08 Å². The highest BCUT2D eigenvalue weighted by atomic mass is 32.2. The number of thioether (sulfide) groups is 1. The number of nitrogens with zero attached hydrogens (tertiary/aromatic N) is 1. The number of hydrogen-bond acceptors (Lipinski definition) is 6. The van der Waals surface area contributed by atoms with Gasteiger partial charge >= 0.3 is 5.97 Å².